The average molecular weight is 383 g/mol. The number of carbonyl (C=O) groups is 1. The lowest BCUT2D eigenvalue weighted by Gasteiger charge is -2.18. The number of aliphatic imine (C=N–C) groups is 1. The van der Waals surface area contributed by atoms with E-state index in [1.165, 1.54) is 17.7 Å². The molecule has 0 aliphatic heterocycles. The third kappa shape index (κ3) is 5.50. The maximum Gasteiger partial charge on any atom is 0.251 e. The lowest BCUT2D eigenvalue weighted by atomic mass is 10.1. The third-order valence-corrected chi connectivity index (χ3v) is 6.08. The number of thioether (sulfide) groups is 1. The van der Waals surface area contributed by atoms with E-state index < -0.39 is 0 Å². The quantitative estimate of drug-likeness (QED) is 0.509. The van der Waals surface area contributed by atoms with Crippen molar-refractivity contribution in [2.45, 2.75) is 29.0 Å². The lowest BCUT2D eigenvalue weighted by Crippen LogP contribution is -2.40. The van der Waals surface area contributed by atoms with Crippen LogP contribution in [0.3, 0.4) is 0 Å². The van der Waals surface area contributed by atoms with Crippen LogP contribution in [0.15, 0.2) is 64.5 Å². The number of guanidine groups is 1. The molecular formula is C21H26N4OS. The highest BCUT2D eigenvalue weighted by molar-refractivity contribution is 8.01. The Kier molecular flexibility index (Phi) is 6.40. The molecule has 142 valence electrons. The highest BCUT2D eigenvalue weighted by Crippen LogP contribution is 2.51. The van der Waals surface area contributed by atoms with Gasteiger partial charge in [0.1, 0.15) is 0 Å². The minimum Gasteiger partial charge on any atom is -0.355 e. The van der Waals surface area contributed by atoms with Crippen LogP contribution in [0.1, 0.15) is 28.8 Å². The molecule has 1 saturated carbocycles. The first-order valence-electron chi connectivity index (χ1n) is 9.14. The molecule has 1 amide bonds. The number of carbonyl (C=O) groups excluding carboxylic acids is 1. The maximum atomic E-state index is 11.6. The van der Waals surface area contributed by atoms with E-state index >= 15 is 0 Å². The number of nitrogens with one attached hydrogen (secondary N) is 3. The van der Waals surface area contributed by atoms with E-state index in [4.69, 9.17) is 0 Å². The second kappa shape index (κ2) is 8.95. The Hall–Kier alpha value is -2.47. The van der Waals surface area contributed by atoms with Gasteiger partial charge >= 0.3 is 0 Å². The Morgan fingerprint density at radius 1 is 1.07 bits per heavy atom. The molecule has 0 radical (unpaired) electrons. The largest absolute Gasteiger partial charge is 0.355 e. The molecule has 0 aromatic heterocycles. The van der Waals surface area contributed by atoms with Crippen molar-refractivity contribution in [3.05, 3.63) is 65.7 Å². The fourth-order valence-electron chi connectivity index (χ4n) is 2.76. The van der Waals surface area contributed by atoms with E-state index in [2.05, 4.69) is 51.3 Å². The Labute approximate surface area is 165 Å². The van der Waals surface area contributed by atoms with Gasteiger partial charge in [-0.2, -0.15) is 0 Å². The zero-order chi connectivity index (χ0) is 19.1. The van der Waals surface area contributed by atoms with Crippen LogP contribution in [0.25, 0.3) is 0 Å². The molecule has 6 heteroatoms. The summed E-state index contributed by atoms with van der Waals surface area (Å²) in [5.41, 5.74) is 1.77. The maximum absolute atomic E-state index is 11.6. The summed E-state index contributed by atoms with van der Waals surface area (Å²) in [4.78, 5) is 17.2. The van der Waals surface area contributed by atoms with Gasteiger partial charge in [-0.1, -0.05) is 30.3 Å². The third-order valence-electron chi connectivity index (χ3n) is 4.59. The molecule has 5 nitrogen and oxygen atoms in total. The summed E-state index contributed by atoms with van der Waals surface area (Å²) in [7, 11) is 3.42. The summed E-state index contributed by atoms with van der Waals surface area (Å²) in [6.45, 7) is 1.55. The van der Waals surface area contributed by atoms with E-state index in [9.17, 15) is 4.79 Å². The molecule has 0 spiro atoms. The smallest absolute Gasteiger partial charge is 0.251 e. The van der Waals surface area contributed by atoms with Gasteiger partial charge in [-0.05, 0) is 42.7 Å². The van der Waals surface area contributed by atoms with Gasteiger partial charge in [0.25, 0.3) is 5.91 Å². The summed E-state index contributed by atoms with van der Waals surface area (Å²) in [6.07, 6.45) is 2.44. The minimum absolute atomic E-state index is 0.0716. The normalized spacial score (nSPS) is 15.1. The molecule has 0 unspecified atom stereocenters. The summed E-state index contributed by atoms with van der Waals surface area (Å²) in [6, 6.07) is 18.1. The van der Waals surface area contributed by atoms with Crippen molar-refractivity contribution in [3.8, 4) is 0 Å². The summed E-state index contributed by atoms with van der Waals surface area (Å²) >= 11 is 1.95. The number of hydrogen-bond donors (Lipinski definition) is 3. The van der Waals surface area contributed by atoms with E-state index in [0.717, 1.165) is 18.1 Å². The van der Waals surface area contributed by atoms with Crippen LogP contribution >= 0.6 is 11.8 Å². The zero-order valence-corrected chi connectivity index (χ0v) is 16.6. The Bertz CT molecular complexity index is 786. The summed E-state index contributed by atoms with van der Waals surface area (Å²) in [5, 5.41) is 9.43. The highest BCUT2D eigenvalue weighted by atomic mass is 32.2. The van der Waals surface area contributed by atoms with Crippen LogP contribution in [0.2, 0.25) is 0 Å². The van der Waals surface area contributed by atoms with Gasteiger partial charge in [0.15, 0.2) is 5.96 Å². The van der Waals surface area contributed by atoms with Crippen molar-refractivity contribution in [1.82, 2.24) is 16.0 Å². The van der Waals surface area contributed by atoms with Crippen molar-refractivity contribution in [2.24, 2.45) is 4.99 Å². The Morgan fingerprint density at radius 3 is 2.37 bits per heavy atom. The Morgan fingerprint density at radius 2 is 1.78 bits per heavy atom. The van der Waals surface area contributed by atoms with Gasteiger partial charge in [0, 0.05) is 42.4 Å². The van der Waals surface area contributed by atoms with Gasteiger partial charge in [0.2, 0.25) is 0 Å². The topological polar surface area (TPSA) is 65.5 Å². The molecule has 3 N–H and O–H groups in total. The van der Waals surface area contributed by atoms with Gasteiger partial charge in [-0.3, -0.25) is 9.79 Å². The second-order valence-corrected chi connectivity index (χ2v) is 8.20. The molecule has 2 aromatic rings. The standard InChI is InChI=1S/C21H26N4OS/c1-22-19(26)17-10-8-16(9-11-17)14-24-20(23-2)25-15-21(12-13-21)27-18-6-4-3-5-7-18/h3-11H,12-15H2,1-2H3,(H,22,26)(H2,23,24,25). The van der Waals surface area contributed by atoms with Crippen molar-refractivity contribution in [2.75, 3.05) is 20.6 Å². The van der Waals surface area contributed by atoms with E-state index in [1.54, 1.807) is 14.1 Å². The lowest BCUT2D eigenvalue weighted by molar-refractivity contribution is 0.0963. The molecule has 27 heavy (non-hydrogen) atoms. The first-order valence-corrected chi connectivity index (χ1v) is 9.95. The Balaban J connectivity index is 1.48. The fraction of sp³-hybridized carbons (Fsp3) is 0.333. The van der Waals surface area contributed by atoms with Gasteiger partial charge in [0.05, 0.1) is 0 Å². The van der Waals surface area contributed by atoms with Gasteiger partial charge in [-0.15, -0.1) is 11.8 Å². The van der Waals surface area contributed by atoms with Crippen molar-refractivity contribution in [3.63, 3.8) is 0 Å². The molecular weight excluding hydrogens is 356 g/mol. The van der Waals surface area contributed by atoms with Crippen LogP contribution < -0.4 is 16.0 Å². The van der Waals surface area contributed by atoms with Crippen molar-refractivity contribution < 1.29 is 4.79 Å². The van der Waals surface area contributed by atoms with Crippen LogP contribution in [0.4, 0.5) is 0 Å². The average Bonchev–Trinajstić information content (AvgIpc) is 3.48. The molecule has 1 fully saturated rings. The number of hydrogen-bond acceptors (Lipinski definition) is 3. The predicted octanol–water partition coefficient (Wildman–Crippen LogP) is 3.04. The summed E-state index contributed by atoms with van der Waals surface area (Å²) < 4.78 is 0.272. The molecule has 2 aromatic carbocycles. The fourth-order valence-corrected chi connectivity index (χ4v) is 4.01. The summed E-state index contributed by atoms with van der Waals surface area (Å²) in [5.74, 6) is 0.725. The number of rotatable bonds is 7. The zero-order valence-electron chi connectivity index (χ0n) is 15.8. The predicted molar refractivity (Wildman–Crippen MR) is 112 cm³/mol. The SMILES string of the molecule is CN=C(NCc1ccc(C(=O)NC)cc1)NCC1(Sc2ccccc2)CC1. The van der Waals surface area contributed by atoms with E-state index in [0.29, 0.717) is 12.1 Å². The van der Waals surface area contributed by atoms with Crippen LogP contribution in [0.5, 0.6) is 0 Å². The number of benzene rings is 2. The van der Waals surface area contributed by atoms with E-state index in [1.807, 2.05) is 36.0 Å². The molecule has 1 aliphatic rings. The molecule has 0 saturated heterocycles. The minimum atomic E-state index is -0.0716. The van der Waals surface area contributed by atoms with E-state index in [-0.39, 0.29) is 10.7 Å². The number of nitrogens with zero attached hydrogens (tertiary/aromatic N) is 1. The molecule has 3 rings (SSSR count). The van der Waals surface area contributed by atoms with Crippen molar-refractivity contribution >= 4 is 23.6 Å². The van der Waals surface area contributed by atoms with Crippen LogP contribution in [-0.2, 0) is 6.54 Å². The molecule has 0 bridgehead atoms. The molecule has 0 heterocycles. The van der Waals surface area contributed by atoms with Crippen LogP contribution in [0, 0.1) is 0 Å². The number of amides is 1. The molecule has 1 aliphatic carbocycles. The van der Waals surface area contributed by atoms with Crippen molar-refractivity contribution in [1.29, 1.82) is 0 Å². The monoisotopic (exact) mass is 382 g/mol. The van der Waals surface area contributed by atoms with Gasteiger partial charge in [-0.25, -0.2) is 0 Å². The highest BCUT2D eigenvalue weighted by Gasteiger charge is 2.43. The van der Waals surface area contributed by atoms with Gasteiger partial charge < -0.3 is 16.0 Å². The first kappa shape index (κ1) is 19.3. The second-order valence-electron chi connectivity index (χ2n) is 6.65. The first-order chi connectivity index (χ1) is 13.1. The van der Waals surface area contributed by atoms with Crippen LogP contribution in [-0.4, -0.2) is 37.3 Å². The molecule has 0 atom stereocenters.